The standard InChI is InChI=1S/C21H31N3O3/c1-23(15-20(25)26)18-9-5-12-24(13-11-18)21(27)22-14-17-8-4-7-16-6-2-3-10-19(16)17/h2-3,6,10,17-18H,4-5,7-9,11-15H2,1H3,(H,22,27)(H,25,26). The smallest absolute Gasteiger partial charge is 0.317 e. The highest BCUT2D eigenvalue weighted by molar-refractivity contribution is 5.74. The molecule has 27 heavy (non-hydrogen) atoms. The number of carbonyl (C=O) groups excluding carboxylic acids is 1. The van der Waals surface area contributed by atoms with Crippen LogP contribution in [0.1, 0.15) is 49.1 Å². The predicted octanol–water partition coefficient (Wildman–Crippen LogP) is 2.69. The normalized spacial score (nSPS) is 22.8. The average molecular weight is 373 g/mol. The van der Waals surface area contributed by atoms with Crippen molar-refractivity contribution in [2.75, 3.05) is 33.2 Å². The summed E-state index contributed by atoms with van der Waals surface area (Å²) in [6, 6.07) is 8.81. The molecule has 0 aromatic heterocycles. The summed E-state index contributed by atoms with van der Waals surface area (Å²) < 4.78 is 0. The number of likely N-dealkylation sites (tertiary alicyclic amines) is 1. The van der Waals surface area contributed by atoms with E-state index in [0.717, 1.165) is 38.6 Å². The number of aliphatic carboxylic acids is 1. The Kier molecular flexibility index (Phi) is 6.72. The Morgan fingerprint density at radius 3 is 2.81 bits per heavy atom. The van der Waals surface area contributed by atoms with Crippen molar-refractivity contribution in [3.8, 4) is 0 Å². The summed E-state index contributed by atoms with van der Waals surface area (Å²) in [7, 11) is 1.86. The maximum Gasteiger partial charge on any atom is 0.317 e. The number of amides is 2. The predicted molar refractivity (Wildman–Crippen MR) is 105 cm³/mol. The van der Waals surface area contributed by atoms with Gasteiger partial charge in [0.25, 0.3) is 0 Å². The van der Waals surface area contributed by atoms with Gasteiger partial charge in [-0.2, -0.15) is 0 Å². The van der Waals surface area contributed by atoms with Crippen molar-refractivity contribution >= 4 is 12.0 Å². The van der Waals surface area contributed by atoms with Gasteiger partial charge in [-0.05, 0) is 56.7 Å². The zero-order valence-electron chi connectivity index (χ0n) is 16.2. The van der Waals surface area contributed by atoms with E-state index in [1.54, 1.807) is 0 Å². The van der Waals surface area contributed by atoms with Crippen LogP contribution in [0.5, 0.6) is 0 Å². The fourth-order valence-electron chi connectivity index (χ4n) is 4.45. The largest absolute Gasteiger partial charge is 0.480 e. The average Bonchev–Trinajstić information content (AvgIpc) is 2.92. The number of carboxylic acid groups (broad SMARTS) is 1. The summed E-state index contributed by atoms with van der Waals surface area (Å²) in [4.78, 5) is 27.4. The van der Waals surface area contributed by atoms with Gasteiger partial charge in [-0.25, -0.2) is 4.79 Å². The summed E-state index contributed by atoms with van der Waals surface area (Å²) in [6.45, 7) is 2.17. The minimum atomic E-state index is -0.802. The molecular formula is C21H31N3O3. The van der Waals surface area contributed by atoms with Gasteiger partial charge in [0.1, 0.15) is 0 Å². The van der Waals surface area contributed by atoms with E-state index in [9.17, 15) is 9.59 Å². The number of urea groups is 1. The van der Waals surface area contributed by atoms with Crippen LogP contribution in [0.2, 0.25) is 0 Å². The Bertz CT molecular complexity index is 664. The van der Waals surface area contributed by atoms with Gasteiger partial charge >= 0.3 is 12.0 Å². The zero-order valence-corrected chi connectivity index (χ0v) is 16.2. The zero-order chi connectivity index (χ0) is 19.2. The van der Waals surface area contributed by atoms with E-state index < -0.39 is 5.97 Å². The van der Waals surface area contributed by atoms with Crippen LogP contribution >= 0.6 is 0 Å². The summed E-state index contributed by atoms with van der Waals surface area (Å²) in [6.07, 6.45) is 6.11. The monoisotopic (exact) mass is 373 g/mol. The summed E-state index contributed by atoms with van der Waals surface area (Å²) in [5.74, 6) is -0.399. The SMILES string of the molecule is CN(CC(=O)O)C1CCCN(C(=O)NCC2CCCc3ccccc32)CC1. The molecular weight excluding hydrogens is 342 g/mol. The topological polar surface area (TPSA) is 72.9 Å². The van der Waals surface area contributed by atoms with E-state index in [4.69, 9.17) is 5.11 Å². The lowest BCUT2D eigenvalue weighted by atomic mass is 9.83. The van der Waals surface area contributed by atoms with Crippen molar-refractivity contribution in [3.63, 3.8) is 0 Å². The Hall–Kier alpha value is -2.08. The molecule has 1 heterocycles. The Morgan fingerprint density at radius 1 is 1.19 bits per heavy atom. The number of hydrogen-bond donors (Lipinski definition) is 2. The van der Waals surface area contributed by atoms with E-state index in [-0.39, 0.29) is 18.6 Å². The number of fused-ring (bicyclic) bond motifs is 1. The van der Waals surface area contributed by atoms with E-state index >= 15 is 0 Å². The van der Waals surface area contributed by atoms with Crippen LogP contribution in [0.4, 0.5) is 4.79 Å². The quantitative estimate of drug-likeness (QED) is 0.832. The molecule has 6 nitrogen and oxygen atoms in total. The maximum absolute atomic E-state index is 12.7. The van der Waals surface area contributed by atoms with Crippen molar-refractivity contribution in [3.05, 3.63) is 35.4 Å². The van der Waals surface area contributed by atoms with Crippen molar-refractivity contribution in [2.45, 2.75) is 50.5 Å². The van der Waals surface area contributed by atoms with Gasteiger partial charge in [0.15, 0.2) is 0 Å². The van der Waals surface area contributed by atoms with Crippen molar-refractivity contribution in [2.24, 2.45) is 0 Å². The van der Waals surface area contributed by atoms with Crippen LogP contribution in [0.3, 0.4) is 0 Å². The molecule has 2 aliphatic rings. The first kappa shape index (κ1) is 19.7. The second kappa shape index (κ2) is 9.22. The van der Waals surface area contributed by atoms with Crippen LogP contribution < -0.4 is 5.32 Å². The number of likely N-dealkylation sites (N-methyl/N-ethyl adjacent to an activating group) is 1. The number of nitrogens with one attached hydrogen (secondary N) is 1. The molecule has 148 valence electrons. The third-order valence-electron chi connectivity index (χ3n) is 5.99. The first-order valence-electron chi connectivity index (χ1n) is 10.1. The molecule has 3 rings (SSSR count). The highest BCUT2D eigenvalue weighted by Gasteiger charge is 2.25. The molecule has 1 aromatic carbocycles. The first-order valence-corrected chi connectivity index (χ1v) is 10.1. The third kappa shape index (κ3) is 5.22. The number of aryl methyl sites for hydroxylation is 1. The number of rotatable bonds is 5. The minimum Gasteiger partial charge on any atom is -0.480 e. The lowest BCUT2D eigenvalue weighted by Gasteiger charge is -2.28. The molecule has 0 spiro atoms. The Labute approximate surface area is 161 Å². The van der Waals surface area contributed by atoms with Gasteiger partial charge in [0.05, 0.1) is 6.54 Å². The molecule has 2 atom stereocenters. The van der Waals surface area contributed by atoms with Gasteiger partial charge < -0.3 is 15.3 Å². The molecule has 1 aliphatic carbocycles. The Morgan fingerprint density at radius 2 is 2.00 bits per heavy atom. The molecule has 0 saturated carbocycles. The van der Waals surface area contributed by atoms with Crippen molar-refractivity contribution in [1.29, 1.82) is 0 Å². The second-order valence-corrected chi connectivity index (χ2v) is 7.85. The number of carbonyl (C=O) groups is 2. The molecule has 6 heteroatoms. The van der Waals surface area contributed by atoms with Gasteiger partial charge in [-0.3, -0.25) is 9.69 Å². The van der Waals surface area contributed by atoms with Gasteiger partial charge in [0, 0.05) is 31.6 Å². The summed E-state index contributed by atoms with van der Waals surface area (Å²) in [5.41, 5.74) is 2.80. The number of hydrogen-bond acceptors (Lipinski definition) is 3. The fourth-order valence-corrected chi connectivity index (χ4v) is 4.45. The van der Waals surface area contributed by atoms with Gasteiger partial charge in [-0.15, -0.1) is 0 Å². The van der Waals surface area contributed by atoms with Crippen molar-refractivity contribution < 1.29 is 14.7 Å². The molecule has 2 unspecified atom stereocenters. The highest BCUT2D eigenvalue weighted by atomic mass is 16.4. The fraction of sp³-hybridized carbons (Fsp3) is 0.619. The third-order valence-corrected chi connectivity index (χ3v) is 5.99. The first-order chi connectivity index (χ1) is 13.0. The van der Waals surface area contributed by atoms with E-state index in [0.29, 0.717) is 19.0 Å². The molecule has 1 saturated heterocycles. The molecule has 2 amide bonds. The maximum atomic E-state index is 12.7. The Balaban J connectivity index is 1.50. The lowest BCUT2D eigenvalue weighted by Crippen LogP contribution is -2.43. The van der Waals surface area contributed by atoms with E-state index in [1.807, 2.05) is 16.8 Å². The minimum absolute atomic E-state index is 0.0135. The van der Waals surface area contributed by atoms with Crippen molar-refractivity contribution in [1.82, 2.24) is 15.1 Å². The van der Waals surface area contributed by atoms with Crippen LogP contribution in [-0.2, 0) is 11.2 Å². The summed E-state index contributed by atoms with van der Waals surface area (Å²) >= 11 is 0. The lowest BCUT2D eigenvalue weighted by molar-refractivity contribution is -0.138. The van der Waals surface area contributed by atoms with Crippen LogP contribution in [-0.4, -0.2) is 66.2 Å². The number of carboxylic acids is 1. The second-order valence-electron chi connectivity index (χ2n) is 7.85. The molecule has 1 fully saturated rings. The van der Waals surface area contributed by atoms with E-state index in [1.165, 1.54) is 17.5 Å². The van der Waals surface area contributed by atoms with Crippen LogP contribution in [0.25, 0.3) is 0 Å². The van der Waals surface area contributed by atoms with Crippen LogP contribution in [0.15, 0.2) is 24.3 Å². The molecule has 1 aromatic rings. The highest BCUT2D eigenvalue weighted by Crippen LogP contribution is 2.30. The van der Waals surface area contributed by atoms with Crippen LogP contribution in [0, 0.1) is 0 Å². The molecule has 1 aliphatic heterocycles. The molecule has 2 N–H and O–H groups in total. The van der Waals surface area contributed by atoms with Gasteiger partial charge in [-0.1, -0.05) is 24.3 Å². The molecule has 0 radical (unpaired) electrons. The molecule has 0 bridgehead atoms. The van der Waals surface area contributed by atoms with Gasteiger partial charge in [0.2, 0.25) is 0 Å². The number of benzene rings is 1. The van der Waals surface area contributed by atoms with E-state index in [2.05, 4.69) is 29.6 Å². The number of nitrogens with zero attached hydrogens (tertiary/aromatic N) is 2. The summed E-state index contributed by atoms with van der Waals surface area (Å²) in [5, 5.41) is 12.1.